The lowest BCUT2D eigenvalue weighted by atomic mass is 9.78. The molecule has 0 spiro atoms. The van der Waals surface area contributed by atoms with Gasteiger partial charge in [-0.2, -0.15) is 0 Å². The lowest BCUT2D eigenvalue weighted by molar-refractivity contribution is 0.00578. The predicted octanol–water partition coefficient (Wildman–Crippen LogP) is 3.78. The zero-order chi connectivity index (χ0) is 15.5. The summed E-state index contributed by atoms with van der Waals surface area (Å²) < 4.78 is 17.9. The number of hydrogen-bond acceptors (Lipinski definition) is 3. The molecule has 0 amide bonds. The largest absolute Gasteiger partial charge is 0.492 e. The summed E-state index contributed by atoms with van der Waals surface area (Å²) in [6, 6.07) is 10.2. The van der Waals surface area contributed by atoms with Crippen LogP contribution < -0.4 is 0 Å². The number of ether oxygens (including phenoxy) is 1. The Hall–Kier alpha value is -1.10. The first-order chi connectivity index (χ1) is 9.86. The standard InChI is InChI=1S/C17H25BO3/c1-6-15(13-19-12-14-10-8-7-9-11-14)18-20-16(2,3)17(4,5)21-18/h6-11H,12-13H2,1-5H3/b15-6+. The zero-order valence-corrected chi connectivity index (χ0v) is 13.7. The Labute approximate surface area is 128 Å². The molecule has 1 aliphatic heterocycles. The minimum atomic E-state index is -0.323. The van der Waals surface area contributed by atoms with Gasteiger partial charge >= 0.3 is 7.12 Å². The van der Waals surface area contributed by atoms with E-state index in [0.717, 1.165) is 5.47 Å². The van der Waals surface area contributed by atoms with Gasteiger partial charge in [-0.05, 0) is 45.7 Å². The van der Waals surface area contributed by atoms with Gasteiger partial charge in [0.2, 0.25) is 0 Å². The third-order valence-corrected chi connectivity index (χ3v) is 4.31. The van der Waals surface area contributed by atoms with E-state index in [9.17, 15) is 0 Å². The van der Waals surface area contributed by atoms with E-state index in [1.54, 1.807) is 0 Å². The molecule has 1 fully saturated rings. The van der Waals surface area contributed by atoms with Crippen molar-refractivity contribution in [2.45, 2.75) is 52.4 Å². The smallest absolute Gasteiger partial charge is 0.400 e. The highest BCUT2D eigenvalue weighted by Crippen LogP contribution is 2.38. The van der Waals surface area contributed by atoms with Crippen LogP contribution in [0.1, 0.15) is 40.2 Å². The molecule has 0 N–H and O–H groups in total. The third-order valence-electron chi connectivity index (χ3n) is 4.31. The van der Waals surface area contributed by atoms with E-state index in [0.29, 0.717) is 13.2 Å². The molecule has 0 bridgehead atoms. The SMILES string of the molecule is C/C=C(\COCc1ccccc1)B1OC(C)(C)C(C)(C)O1. The van der Waals surface area contributed by atoms with Crippen molar-refractivity contribution in [1.29, 1.82) is 0 Å². The molecule has 1 saturated heterocycles. The van der Waals surface area contributed by atoms with Crippen molar-refractivity contribution in [2.24, 2.45) is 0 Å². The number of hydrogen-bond donors (Lipinski definition) is 0. The summed E-state index contributed by atoms with van der Waals surface area (Å²) in [6.07, 6.45) is 2.02. The minimum absolute atomic E-state index is 0.314. The molecule has 0 aromatic heterocycles. The normalized spacial score (nSPS) is 20.8. The molecule has 1 aromatic rings. The Morgan fingerprint density at radius 1 is 1.10 bits per heavy atom. The van der Waals surface area contributed by atoms with Gasteiger partial charge < -0.3 is 14.0 Å². The van der Waals surface area contributed by atoms with Gasteiger partial charge in [0.25, 0.3) is 0 Å². The van der Waals surface area contributed by atoms with Gasteiger partial charge in [-0.15, -0.1) is 0 Å². The first kappa shape index (κ1) is 16.3. The van der Waals surface area contributed by atoms with Crippen LogP contribution in [-0.2, 0) is 20.7 Å². The van der Waals surface area contributed by atoms with Crippen molar-refractivity contribution in [1.82, 2.24) is 0 Å². The highest BCUT2D eigenvalue weighted by atomic mass is 16.7. The van der Waals surface area contributed by atoms with Crippen LogP contribution in [0.2, 0.25) is 0 Å². The lowest BCUT2D eigenvalue weighted by Crippen LogP contribution is -2.41. The van der Waals surface area contributed by atoms with E-state index in [-0.39, 0.29) is 18.3 Å². The van der Waals surface area contributed by atoms with Crippen molar-refractivity contribution in [3.63, 3.8) is 0 Å². The Morgan fingerprint density at radius 3 is 2.19 bits per heavy atom. The quantitative estimate of drug-likeness (QED) is 0.772. The molecule has 1 aromatic carbocycles. The van der Waals surface area contributed by atoms with E-state index < -0.39 is 0 Å². The molecule has 21 heavy (non-hydrogen) atoms. The van der Waals surface area contributed by atoms with Gasteiger partial charge in [0.05, 0.1) is 24.4 Å². The summed E-state index contributed by atoms with van der Waals surface area (Å²) in [4.78, 5) is 0. The van der Waals surface area contributed by atoms with Crippen molar-refractivity contribution in [3.8, 4) is 0 Å². The van der Waals surface area contributed by atoms with Crippen molar-refractivity contribution in [3.05, 3.63) is 47.4 Å². The number of rotatable bonds is 5. The van der Waals surface area contributed by atoms with Crippen LogP contribution in [0.25, 0.3) is 0 Å². The van der Waals surface area contributed by atoms with E-state index >= 15 is 0 Å². The Balaban J connectivity index is 1.90. The van der Waals surface area contributed by atoms with Crippen LogP contribution in [0.4, 0.5) is 0 Å². The third kappa shape index (κ3) is 3.76. The summed E-state index contributed by atoms with van der Waals surface area (Å²) in [5.41, 5.74) is 1.57. The number of benzene rings is 1. The molecule has 0 unspecified atom stereocenters. The lowest BCUT2D eigenvalue weighted by Gasteiger charge is -2.32. The van der Waals surface area contributed by atoms with Crippen LogP contribution >= 0.6 is 0 Å². The fourth-order valence-corrected chi connectivity index (χ4v) is 2.14. The summed E-state index contributed by atoms with van der Waals surface area (Å²) in [5, 5.41) is 0. The zero-order valence-electron chi connectivity index (χ0n) is 13.7. The molecular weight excluding hydrogens is 263 g/mol. The molecular formula is C17H25BO3. The number of allylic oxidation sites excluding steroid dienone is 1. The second-order valence-corrected chi connectivity index (χ2v) is 6.43. The Morgan fingerprint density at radius 2 is 1.67 bits per heavy atom. The van der Waals surface area contributed by atoms with Crippen LogP contribution in [-0.4, -0.2) is 24.9 Å². The average molecular weight is 288 g/mol. The second-order valence-electron chi connectivity index (χ2n) is 6.43. The molecule has 0 radical (unpaired) electrons. The van der Waals surface area contributed by atoms with Crippen LogP contribution in [0.5, 0.6) is 0 Å². The second kappa shape index (κ2) is 6.35. The first-order valence-corrected chi connectivity index (χ1v) is 7.48. The average Bonchev–Trinajstić information content (AvgIpc) is 2.64. The van der Waals surface area contributed by atoms with E-state index in [4.69, 9.17) is 14.0 Å². The van der Waals surface area contributed by atoms with Gasteiger partial charge in [-0.25, -0.2) is 0 Å². The molecule has 3 nitrogen and oxygen atoms in total. The van der Waals surface area contributed by atoms with Crippen molar-refractivity contribution >= 4 is 7.12 Å². The molecule has 2 rings (SSSR count). The minimum Gasteiger partial charge on any atom is -0.400 e. The fourth-order valence-electron chi connectivity index (χ4n) is 2.14. The summed E-state index contributed by atoms with van der Waals surface area (Å²) in [5.74, 6) is 0. The van der Waals surface area contributed by atoms with Crippen molar-refractivity contribution < 1.29 is 14.0 Å². The summed E-state index contributed by atoms with van der Waals surface area (Å²) >= 11 is 0. The van der Waals surface area contributed by atoms with E-state index in [2.05, 4.69) is 39.8 Å². The maximum absolute atomic E-state index is 6.05. The van der Waals surface area contributed by atoms with Gasteiger partial charge in [-0.3, -0.25) is 0 Å². The first-order valence-electron chi connectivity index (χ1n) is 7.48. The topological polar surface area (TPSA) is 27.7 Å². The predicted molar refractivity (Wildman–Crippen MR) is 85.9 cm³/mol. The highest BCUT2D eigenvalue weighted by molar-refractivity contribution is 6.54. The van der Waals surface area contributed by atoms with Gasteiger partial charge in [0.1, 0.15) is 0 Å². The molecule has 1 heterocycles. The van der Waals surface area contributed by atoms with Crippen LogP contribution in [0.3, 0.4) is 0 Å². The monoisotopic (exact) mass is 288 g/mol. The van der Waals surface area contributed by atoms with Crippen LogP contribution in [0.15, 0.2) is 41.9 Å². The molecule has 0 saturated carbocycles. The highest BCUT2D eigenvalue weighted by Gasteiger charge is 2.52. The van der Waals surface area contributed by atoms with E-state index in [1.165, 1.54) is 5.56 Å². The molecule has 1 aliphatic rings. The van der Waals surface area contributed by atoms with Gasteiger partial charge in [0, 0.05) is 0 Å². The molecule has 4 heteroatoms. The fraction of sp³-hybridized carbons (Fsp3) is 0.529. The van der Waals surface area contributed by atoms with Gasteiger partial charge in [-0.1, -0.05) is 36.4 Å². The Bertz CT molecular complexity index is 478. The molecule has 0 atom stereocenters. The summed E-state index contributed by atoms with van der Waals surface area (Å²) in [6.45, 7) is 11.3. The maximum Gasteiger partial charge on any atom is 0.492 e. The Kier molecular flexibility index (Phi) is 4.92. The van der Waals surface area contributed by atoms with Gasteiger partial charge in [0.15, 0.2) is 0 Å². The van der Waals surface area contributed by atoms with E-state index in [1.807, 2.05) is 31.2 Å². The molecule has 0 aliphatic carbocycles. The maximum atomic E-state index is 6.05. The molecule has 114 valence electrons. The summed E-state index contributed by atoms with van der Waals surface area (Å²) in [7, 11) is -0.323. The van der Waals surface area contributed by atoms with Crippen LogP contribution in [0, 0.1) is 0 Å². The van der Waals surface area contributed by atoms with Crippen molar-refractivity contribution in [2.75, 3.05) is 6.61 Å².